The van der Waals surface area contributed by atoms with Gasteiger partial charge in [-0.3, -0.25) is 18.7 Å². The van der Waals surface area contributed by atoms with Crippen molar-refractivity contribution in [2.45, 2.75) is 19.0 Å². The van der Waals surface area contributed by atoms with E-state index >= 15 is 0 Å². The Hall–Kier alpha value is -2.81. The van der Waals surface area contributed by atoms with Crippen molar-refractivity contribution in [3.8, 4) is 0 Å². The number of hydrogen-bond acceptors (Lipinski definition) is 5. The zero-order chi connectivity index (χ0) is 19.9. The number of benzene rings is 1. The standard InChI is InChI=1S/C18H21N5O3S/c1-10-7-6-8-12(11(10)2)19-13(24)9-27-17-20-14-15(21(17)3)22(4)18(26)23(5)16(14)25/h6-8H,9H2,1-5H3,(H,19,24). The number of rotatable bonds is 4. The van der Waals surface area contributed by atoms with Crippen LogP contribution in [0.4, 0.5) is 5.69 Å². The molecule has 8 nitrogen and oxygen atoms in total. The number of nitrogens with zero attached hydrogens (tertiary/aromatic N) is 4. The molecule has 3 rings (SSSR count). The molecule has 0 aliphatic rings. The molecular weight excluding hydrogens is 366 g/mol. The van der Waals surface area contributed by atoms with E-state index in [1.165, 1.54) is 23.4 Å². The van der Waals surface area contributed by atoms with Gasteiger partial charge in [0.05, 0.1) is 5.75 Å². The van der Waals surface area contributed by atoms with E-state index in [4.69, 9.17) is 0 Å². The largest absolute Gasteiger partial charge is 0.332 e. The molecule has 0 atom stereocenters. The summed E-state index contributed by atoms with van der Waals surface area (Å²) in [4.78, 5) is 41.1. The SMILES string of the molecule is Cc1cccc(NC(=O)CSc2nc3c(=O)n(C)c(=O)n(C)c3n2C)c1C. The summed E-state index contributed by atoms with van der Waals surface area (Å²) >= 11 is 1.22. The van der Waals surface area contributed by atoms with Crippen molar-refractivity contribution in [3.63, 3.8) is 0 Å². The van der Waals surface area contributed by atoms with E-state index in [1.54, 1.807) is 18.7 Å². The van der Waals surface area contributed by atoms with Crippen molar-refractivity contribution in [2.75, 3.05) is 11.1 Å². The molecule has 0 unspecified atom stereocenters. The summed E-state index contributed by atoms with van der Waals surface area (Å²) in [6, 6.07) is 5.75. The second kappa shape index (κ2) is 7.07. The third-order valence-corrected chi connectivity index (χ3v) is 5.66. The third-order valence-electron chi connectivity index (χ3n) is 4.63. The van der Waals surface area contributed by atoms with E-state index in [0.29, 0.717) is 10.8 Å². The number of aromatic nitrogens is 4. The first-order valence-electron chi connectivity index (χ1n) is 8.33. The highest BCUT2D eigenvalue weighted by Crippen LogP contribution is 2.22. The van der Waals surface area contributed by atoms with Crippen molar-refractivity contribution < 1.29 is 4.79 Å². The number of anilines is 1. The molecule has 0 aliphatic heterocycles. The lowest BCUT2D eigenvalue weighted by molar-refractivity contribution is -0.113. The zero-order valence-electron chi connectivity index (χ0n) is 15.9. The van der Waals surface area contributed by atoms with E-state index in [-0.39, 0.29) is 17.2 Å². The van der Waals surface area contributed by atoms with E-state index in [1.807, 2.05) is 32.0 Å². The maximum absolute atomic E-state index is 12.3. The zero-order valence-corrected chi connectivity index (χ0v) is 16.7. The van der Waals surface area contributed by atoms with E-state index in [2.05, 4.69) is 10.3 Å². The number of hydrogen-bond donors (Lipinski definition) is 1. The summed E-state index contributed by atoms with van der Waals surface area (Å²) in [5.41, 5.74) is 2.68. The van der Waals surface area contributed by atoms with Gasteiger partial charge in [0.2, 0.25) is 5.91 Å². The summed E-state index contributed by atoms with van der Waals surface area (Å²) in [5, 5.41) is 3.40. The third kappa shape index (κ3) is 3.30. The fourth-order valence-electron chi connectivity index (χ4n) is 2.89. The highest BCUT2D eigenvalue weighted by Gasteiger charge is 2.18. The highest BCUT2D eigenvalue weighted by atomic mass is 32.2. The Balaban J connectivity index is 1.84. The number of nitrogens with one attached hydrogen (secondary N) is 1. The van der Waals surface area contributed by atoms with Gasteiger partial charge in [-0.1, -0.05) is 23.9 Å². The van der Waals surface area contributed by atoms with Crippen LogP contribution in [0, 0.1) is 13.8 Å². The van der Waals surface area contributed by atoms with Crippen LogP contribution in [0.1, 0.15) is 11.1 Å². The average molecular weight is 387 g/mol. The summed E-state index contributed by atoms with van der Waals surface area (Å²) in [5.74, 6) is -0.0266. The summed E-state index contributed by atoms with van der Waals surface area (Å²) in [7, 11) is 4.73. The number of amides is 1. The van der Waals surface area contributed by atoms with Crippen LogP contribution >= 0.6 is 11.8 Å². The predicted molar refractivity (Wildman–Crippen MR) is 106 cm³/mol. The van der Waals surface area contributed by atoms with Crippen molar-refractivity contribution in [2.24, 2.45) is 21.1 Å². The highest BCUT2D eigenvalue weighted by molar-refractivity contribution is 7.99. The predicted octanol–water partition coefficient (Wildman–Crippen LogP) is 1.32. The van der Waals surface area contributed by atoms with Crippen molar-refractivity contribution >= 4 is 34.5 Å². The molecule has 1 amide bonds. The van der Waals surface area contributed by atoms with Crippen LogP contribution in [0.3, 0.4) is 0 Å². The molecule has 0 aliphatic carbocycles. The lowest BCUT2D eigenvalue weighted by Crippen LogP contribution is -2.37. The lowest BCUT2D eigenvalue weighted by Gasteiger charge is -2.10. The molecule has 9 heteroatoms. The minimum atomic E-state index is -0.449. The van der Waals surface area contributed by atoms with Gasteiger partial charge in [0, 0.05) is 26.8 Å². The van der Waals surface area contributed by atoms with Crippen molar-refractivity contribution in [1.82, 2.24) is 18.7 Å². The second-order valence-electron chi connectivity index (χ2n) is 6.42. The molecule has 0 saturated heterocycles. The van der Waals surface area contributed by atoms with Gasteiger partial charge in [0.25, 0.3) is 5.56 Å². The lowest BCUT2D eigenvalue weighted by atomic mass is 10.1. The fraction of sp³-hybridized carbons (Fsp3) is 0.333. The Morgan fingerprint density at radius 1 is 1.11 bits per heavy atom. The number of carbonyl (C=O) groups excluding carboxylic acids is 1. The molecule has 27 heavy (non-hydrogen) atoms. The molecule has 1 N–H and O–H groups in total. The van der Waals surface area contributed by atoms with Gasteiger partial charge in [-0.25, -0.2) is 9.78 Å². The number of carbonyl (C=O) groups is 1. The molecule has 0 radical (unpaired) electrons. The van der Waals surface area contributed by atoms with Crippen LogP contribution in [0.15, 0.2) is 32.9 Å². The van der Waals surface area contributed by atoms with Crippen LogP contribution < -0.4 is 16.6 Å². The quantitative estimate of drug-likeness (QED) is 0.682. The average Bonchev–Trinajstić information content (AvgIpc) is 2.97. The molecular formula is C18H21N5O3S. The van der Waals surface area contributed by atoms with Crippen LogP contribution in [0.5, 0.6) is 0 Å². The van der Waals surface area contributed by atoms with Crippen LogP contribution in [0.2, 0.25) is 0 Å². The topological polar surface area (TPSA) is 90.9 Å². The van der Waals surface area contributed by atoms with Gasteiger partial charge in [-0.2, -0.15) is 0 Å². The summed E-state index contributed by atoms with van der Waals surface area (Å²) in [6.45, 7) is 3.95. The molecule has 0 saturated carbocycles. The van der Waals surface area contributed by atoms with Gasteiger partial charge in [-0.15, -0.1) is 0 Å². The van der Waals surface area contributed by atoms with E-state index < -0.39 is 11.2 Å². The van der Waals surface area contributed by atoms with Gasteiger partial charge >= 0.3 is 5.69 Å². The van der Waals surface area contributed by atoms with Crippen LogP contribution in [-0.4, -0.2) is 30.3 Å². The van der Waals surface area contributed by atoms with Gasteiger partial charge < -0.3 is 9.88 Å². The molecule has 0 spiro atoms. The molecule has 0 fully saturated rings. The van der Waals surface area contributed by atoms with Crippen LogP contribution in [0.25, 0.3) is 11.2 Å². The maximum atomic E-state index is 12.3. The Bertz CT molecular complexity index is 1170. The maximum Gasteiger partial charge on any atom is 0.332 e. The van der Waals surface area contributed by atoms with Gasteiger partial charge in [0.15, 0.2) is 16.3 Å². The Morgan fingerprint density at radius 2 is 1.81 bits per heavy atom. The Kier molecular flexibility index (Phi) is 4.97. The molecule has 2 heterocycles. The summed E-state index contributed by atoms with van der Waals surface area (Å²) < 4.78 is 4.06. The van der Waals surface area contributed by atoms with Crippen LogP contribution in [-0.2, 0) is 25.9 Å². The van der Waals surface area contributed by atoms with Crippen molar-refractivity contribution in [1.29, 1.82) is 0 Å². The monoisotopic (exact) mass is 387 g/mol. The first-order chi connectivity index (χ1) is 12.7. The number of thioether (sulfide) groups is 1. The molecule has 142 valence electrons. The summed E-state index contributed by atoms with van der Waals surface area (Å²) in [6.07, 6.45) is 0. The first kappa shape index (κ1) is 19.0. The number of imidazole rings is 1. The molecule has 2 aromatic heterocycles. The van der Waals surface area contributed by atoms with E-state index in [0.717, 1.165) is 21.4 Å². The Labute approximate surface area is 159 Å². The van der Waals surface area contributed by atoms with Gasteiger partial charge in [0.1, 0.15) is 0 Å². The molecule has 1 aromatic carbocycles. The minimum Gasteiger partial charge on any atom is -0.325 e. The minimum absolute atomic E-state index is 0.138. The normalized spacial score (nSPS) is 11.1. The van der Waals surface area contributed by atoms with Gasteiger partial charge in [-0.05, 0) is 31.0 Å². The van der Waals surface area contributed by atoms with E-state index in [9.17, 15) is 14.4 Å². The van der Waals surface area contributed by atoms with Crippen molar-refractivity contribution in [3.05, 3.63) is 50.2 Å². The smallest absolute Gasteiger partial charge is 0.325 e. The fourth-order valence-corrected chi connectivity index (χ4v) is 3.66. The first-order valence-corrected chi connectivity index (χ1v) is 9.32. The molecule has 0 bridgehead atoms. The molecule has 3 aromatic rings. The Morgan fingerprint density at radius 3 is 2.52 bits per heavy atom. The second-order valence-corrected chi connectivity index (χ2v) is 7.36. The number of fused-ring (bicyclic) bond motifs is 1. The number of aryl methyl sites for hydroxylation is 3.